The second-order valence-electron chi connectivity index (χ2n) is 8.99. The SMILES string of the molecule is COC[C@H](NC(=O)OCC1c2ccccc2-c2ccccc21)C(=O)NCC1(C(=O)O)CCCC1. The first-order valence-corrected chi connectivity index (χ1v) is 11.6. The number of hydrogen-bond donors (Lipinski definition) is 3. The molecule has 2 amide bonds. The minimum atomic E-state index is -0.993. The van der Waals surface area contributed by atoms with Gasteiger partial charge >= 0.3 is 12.1 Å². The molecule has 8 heteroatoms. The number of hydrogen-bond acceptors (Lipinski definition) is 5. The van der Waals surface area contributed by atoms with Crippen molar-refractivity contribution in [3.63, 3.8) is 0 Å². The van der Waals surface area contributed by atoms with Gasteiger partial charge in [-0.3, -0.25) is 9.59 Å². The van der Waals surface area contributed by atoms with E-state index in [2.05, 4.69) is 22.8 Å². The van der Waals surface area contributed by atoms with Gasteiger partial charge in [0, 0.05) is 19.6 Å². The summed E-state index contributed by atoms with van der Waals surface area (Å²) in [7, 11) is 1.43. The van der Waals surface area contributed by atoms with Gasteiger partial charge in [-0.2, -0.15) is 0 Å². The van der Waals surface area contributed by atoms with Crippen molar-refractivity contribution in [3.8, 4) is 11.1 Å². The summed E-state index contributed by atoms with van der Waals surface area (Å²) in [6, 6.07) is 15.1. The summed E-state index contributed by atoms with van der Waals surface area (Å²) in [5.74, 6) is -1.49. The average molecular weight is 467 g/mol. The van der Waals surface area contributed by atoms with E-state index < -0.39 is 29.4 Å². The lowest BCUT2D eigenvalue weighted by Gasteiger charge is -2.25. The molecule has 0 saturated heterocycles. The lowest BCUT2D eigenvalue weighted by Crippen LogP contribution is -2.52. The minimum Gasteiger partial charge on any atom is -0.481 e. The van der Waals surface area contributed by atoms with E-state index in [0.29, 0.717) is 12.8 Å². The molecule has 1 atom stereocenters. The van der Waals surface area contributed by atoms with E-state index in [9.17, 15) is 19.5 Å². The zero-order chi connectivity index (χ0) is 24.1. The first-order valence-electron chi connectivity index (χ1n) is 11.6. The van der Waals surface area contributed by atoms with Crippen LogP contribution in [0.1, 0.15) is 42.7 Å². The first-order chi connectivity index (χ1) is 16.4. The normalized spacial score (nSPS) is 16.9. The molecule has 0 radical (unpaired) electrons. The number of ether oxygens (including phenoxy) is 2. The molecule has 180 valence electrons. The molecule has 3 N–H and O–H groups in total. The highest BCUT2D eigenvalue weighted by Gasteiger charge is 2.42. The number of carbonyl (C=O) groups is 3. The Morgan fingerprint density at radius 3 is 2.18 bits per heavy atom. The molecule has 0 bridgehead atoms. The van der Waals surface area contributed by atoms with Gasteiger partial charge in [0.05, 0.1) is 12.0 Å². The number of nitrogens with one attached hydrogen (secondary N) is 2. The maximum absolute atomic E-state index is 12.7. The molecule has 2 aromatic carbocycles. The molecule has 34 heavy (non-hydrogen) atoms. The lowest BCUT2D eigenvalue weighted by molar-refractivity contribution is -0.148. The van der Waals surface area contributed by atoms with Crippen molar-refractivity contribution in [3.05, 3.63) is 59.7 Å². The largest absolute Gasteiger partial charge is 0.481 e. The van der Waals surface area contributed by atoms with Gasteiger partial charge in [0.1, 0.15) is 12.6 Å². The van der Waals surface area contributed by atoms with Crippen LogP contribution in [-0.2, 0) is 19.1 Å². The molecular formula is C26H30N2O6. The Labute approximate surface area is 198 Å². The summed E-state index contributed by atoms with van der Waals surface area (Å²) in [6.07, 6.45) is 1.96. The highest BCUT2D eigenvalue weighted by atomic mass is 16.5. The zero-order valence-electron chi connectivity index (χ0n) is 19.2. The topological polar surface area (TPSA) is 114 Å². The van der Waals surface area contributed by atoms with Gasteiger partial charge in [-0.05, 0) is 35.1 Å². The fourth-order valence-corrected chi connectivity index (χ4v) is 5.03. The number of carbonyl (C=O) groups excluding carboxylic acids is 2. The van der Waals surface area contributed by atoms with Crippen molar-refractivity contribution in [2.24, 2.45) is 5.41 Å². The average Bonchev–Trinajstić information content (AvgIpc) is 3.45. The number of alkyl carbamates (subject to hydrolysis) is 1. The van der Waals surface area contributed by atoms with Crippen LogP contribution in [0, 0.1) is 5.41 Å². The van der Waals surface area contributed by atoms with Crippen molar-refractivity contribution in [1.29, 1.82) is 0 Å². The number of amides is 2. The van der Waals surface area contributed by atoms with E-state index in [0.717, 1.165) is 35.1 Å². The second kappa shape index (κ2) is 10.3. The van der Waals surface area contributed by atoms with Crippen LogP contribution >= 0.6 is 0 Å². The van der Waals surface area contributed by atoms with Gasteiger partial charge in [-0.25, -0.2) is 4.79 Å². The van der Waals surface area contributed by atoms with Gasteiger partial charge in [0.25, 0.3) is 0 Å². The van der Waals surface area contributed by atoms with Gasteiger partial charge in [0.15, 0.2) is 0 Å². The molecule has 0 aliphatic heterocycles. The minimum absolute atomic E-state index is 0.0216. The zero-order valence-corrected chi connectivity index (χ0v) is 19.2. The van der Waals surface area contributed by atoms with E-state index >= 15 is 0 Å². The van der Waals surface area contributed by atoms with Crippen LogP contribution in [0.25, 0.3) is 11.1 Å². The van der Waals surface area contributed by atoms with Crippen molar-refractivity contribution in [1.82, 2.24) is 10.6 Å². The third kappa shape index (κ3) is 4.77. The third-order valence-corrected chi connectivity index (χ3v) is 6.90. The fraction of sp³-hybridized carbons (Fsp3) is 0.423. The third-order valence-electron chi connectivity index (χ3n) is 6.90. The maximum Gasteiger partial charge on any atom is 0.407 e. The number of benzene rings is 2. The Balaban J connectivity index is 1.36. The number of fused-ring (bicyclic) bond motifs is 3. The molecule has 0 unspecified atom stereocenters. The number of rotatable bonds is 9. The summed E-state index contributed by atoms with van der Waals surface area (Å²) in [6.45, 7) is 0.0904. The molecule has 8 nitrogen and oxygen atoms in total. The predicted octanol–water partition coefficient (Wildman–Crippen LogP) is 3.30. The highest BCUT2D eigenvalue weighted by molar-refractivity contribution is 5.86. The lowest BCUT2D eigenvalue weighted by atomic mass is 9.86. The summed E-state index contributed by atoms with van der Waals surface area (Å²) in [4.78, 5) is 37.0. The number of aliphatic carboxylic acids is 1. The van der Waals surface area contributed by atoms with Crippen LogP contribution in [-0.4, -0.2) is 56.0 Å². The molecule has 4 rings (SSSR count). The molecule has 2 aliphatic carbocycles. The van der Waals surface area contributed by atoms with Gasteiger partial charge in [-0.15, -0.1) is 0 Å². The number of carboxylic acid groups (broad SMARTS) is 1. The number of methoxy groups -OCH3 is 1. The predicted molar refractivity (Wildman–Crippen MR) is 125 cm³/mol. The van der Waals surface area contributed by atoms with Crippen LogP contribution in [0.5, 0.6) is 0 Å². The fourth-order valence-electron chi connectivity index (χ4n) is 5.03. The van der Waals surface area contributed by atoms with Crippen LogP contribution < -0.4 is 10.6 Å². The monoisotopic (exact) mass is 466 g/mol. The van der Waals surface area contributed by atoms with Crippen molar-refractivity contribution in [2.45, 2.75) is 37.6 Å². The van der Waals surface area contributed by atoms with E-state index in [-0.39, 0.29) is 25.7 Å². The van der Waals surface area contributed by atoms with Crippen LogP contribution in [0.15, 0.2) is 48.5 Å². The molecule has 0 heterocycles. The summed E-state index contributed by atoms with van der Waals surface area (Å²) in [5.41, 5.74) is 3.50. The molecule has 1 saturated carbocycles. The van der Waals surface area contributed by atoms with Crippen LogP contribution in [0.3, 0.4) is 0 Å². The Morgan fingerprint density at radius 1 is 1.03 bits per heavy atom. The Bertz CT molecular complexity index is 1020. The van der Waals surface area contributed by atoms with E-state index in [1.807, 2.05) is 36.4 Å². The van der Waals surface area contributed by atoms with E-state index in [1.165, 1.54) is 7.11 Å². The molecule has 2 aliphatic rings. The Hall–Kier alpha value is -3.39. The van der Waals surface area contributed by atoms with Gasteiger partial charge in [-0.1, -0.05) is 61.4 Å². The van der Waals surface area contributed by atoms with Gasteiger partial charge < -0.3 is 25.2 Å². The van der Waals surface area contributed by atoms with Crippen molar-refractivity contribution >= 4 is 18.0 Å². The van der Waals surface area contributed by atoms with Crippen LogP contribution in [0.2, 0.25) is 0 Å². The summed E-state index contributed by atoms with van der Waals surface area (Å²) < 4.78 is 10.6. The smallest absolute Gasteiger partial charge is 0.407 e. The summed E-state index contributed by atoms with van der Waals surface area (Å²) in [5, 5.41) is 14.9. The molecular weight excluding hydrogens is 436 g/mol. The summed E-state index contributed by atoms with van der Waals surface area (Å²) >= 11 is 0. The van der Waals surface area contributed by atoms with Crippen LogP contribution in [0.4, 0.5) is 4.79 Å². The van der Waals surface area contributed by atoms with Crippen molar-refractivity contribution < 1.29 is 29.0 Å². The Kier molecular flexibility index (Phi) is 7.17. The highest BCUT2D eigenvalue weighted by Crippen LogP contribution is 2.44. The van der Waals surface area contributed by atoms with Gasteiger partial charge in [0.2, 0.25) is 5.91 Å². The molecule has 2 aromatic rings. The molecule has 1 fully saturated rings. The quantitative estimate of drug-likeness (QED) is 0.523. The van der Waals surface area contributed by atoms with E-state index in [4.69, 9.17) is 9.47 Å². The Morgan fingerprint density at radius 2 is 1.62 bits per heavy atom. The van der Waals surface area contributed by atoms with Crippen molar-refractivity contribution in [2.75, 3.05) is 26.9 Å². The molecule has 0 aromatic heterocycles. The maximum atomic E-state index is 12.7. The van der Waals surface area contributed by atoms with E-state index in [1.54, 1.807) is 0 Å². The molecule has 0 spiro atoms. The number of carboxylic acids is 1. The second-order valence-corrected chi connectivity index (χ2v) is 8.99. The first kappa shape index (κ1) is 23.8. The standard InChI is InChI=1S/C26H30N2O6/c1-33-15-22(23(29)27-16-26(24(30)31)12-6-7-13-26)28-25(32)34-14-21-19-10-4-2-8-17(19)18-9-3-5-11-20(18)21/h2-5,8-11,21-22H,6-7,12-16H2,1H3,(H,27,29)(H,28,32)(H,30,31)/t22-/m0/s1.